The van der Waals surface area contributed by atoms with Gasteiger partial charge in [0.15, 0.2) is 0 Å². The standard InChI is InChI=1S/C4H6O3.2C4H8O2/c1-3(5)2-4(6)7;2*1-3(2)4(5)6/h2H2,1H3,(H,6,7);2*3H,1-2H3,(H,5,6). The Morgan fingerprint density at radius 2 is 1.00 bits per heavy atom. The maximum atomic E-state index is 9.87. The van der Waals surface area contributed by atoms with Crippen LogP contribution in [0.4, 0.5) is 0 Å². The Balaban J connectivity index is -0.000000203. The molecule has 3 N–H and O–H groups in total. The summed E-state index contributed by atoms with van der Waals surface area (Å²) in [4.78, 5) is 38.9. The highest BCUT2D eigenvalue weighted by atomic mass is 16.4. The summed E-state index contributed by atoms with van der Waals surface area (Å²) in [7, 11) is 0. The van der Waals surface area contributed by atoms with Crippen LogP contribution in [-0.4, -0.2) is 39.0 Å². The zero-order valence-corrected chi connectivity index (χ0v) is 11.8. The van der Waals surface area contributed by atoms with Gasteiger partial charge in [0.2, 0.25) is 0 Å². The van der Waals surface area contributed by atoms with Crippen molar-refractivity contribution in [2.45, 2.75) is 41.0 Å². The Morgan fingerprint density at radius 3 is 1.00 bits per heavy atom. The molecule has 0 amide bonds. The molecule has 19 heavy (non-hydrogen) atoms. The third-order valence-electron chi connectivity index (χ3n) is 1.39. The average Bonchev–Trinajstić information content (AvgIpc) is 2.16. The van der Waals surface area contributed by atoms with Gasteiger partial charge >= 0.3 is 17.9 Å². The van der Waals surface area contributed by atoms with Gasteiger partial charge in [0.05, 0.1) is 11.8 Å². The van der Waals surface area contributed by atoms with Gasteiger partial charge in [-0.05, 0) is 6.92 Å². The second kappa shape index (κ2) is 12.5. The molecule has 0 aliphatic carbocycles. The second-order valence-corrected chi connectivity index (χ2v) is 4.26. The van der Waals surface area contributed by atoms with E-state index in [1.54, 1.807) is 27.7 Å². The molecule has 0 spiro atoms. The van der Waals surface area contributed by atoms with Crippen molar-refractivity contribution >= 4 is 23.7 Å². The largest absolute Gasteiger partial charge is 0.481 e. The third kappa shape index (κ3) is 31.4. The summed E-state index contributed by atoms with van der Waals surface area (Å²) in [6, 6.07) is 0. The minimum Gasteiger partial charge on any atom is -0.481 e. The predicted octanol–water partition coefficient (Wildman–Crippen LogP) is 1.50. The number of carbonyl (C=O) groups excluding carboxylic acids is 1. The fourth-order valence-electron chi connectivity index (χ4n) is 0.213. The predicted molar refractivity (Wildman–Crippen MR) is 67.9 cm³/mol. The number of ketones is 1. The molecule has 0 radical (unpaired) electrons. The van der Waals surface area contributed by atoms with E-state index < -0.39 is 17.9 Å². The lowest BCUT2D eigenvalue weighted by atomic mass is 10.2. The van der Waals surface area contributed by atoms with Crippen molar-refractivity contribution in [2.24, 2.45) is 11.8 Å². The molecule has 0 heterocycles. The van der Waals surface area contributed by atoms with E-state index in [9.17, 15) is 19.2 Å². The van der Waals surface area contributed by atoms with Crippen molar-refractivity contribution in [2.75, 3.05) is 0 Å². The molecule has 7 heteroatoms. The topological polar surface area (TPSA) is 129 Å². The molecule has 0 aliphatic heterocycles. The maximum absolute atomic E-state index is 9.87. The lowest BCUT2D eigenvalue weighted by Crippen LogP contribution is -2.03. The molecule has 112 valence electrons. The van der Waals surface area contributed by atoms with Crippen LogP contribution in [-0.2, 0) is 19.2 Å². The minimum absolute atomic E-state index is 0.231. The molecule has 0 aromatic carbocycles. The van der Waals surface area contributed by atoms with Crippen LogP contribution in [0.2, 0.25) is 0 Å². The second-order valence-electron chi connectivity index (χ2n) is 4.26. The van der Waals surface area contributed by atoms with Crippen LogP contribution in [0, 0.1) is 11.8 Å². The van der Waals surface area contributed by atoms with Gasteiger partial charge in [-0.15, -0.1) is 0 Å². The molecule has 0 aliphatic rings. The lowest BCUT2D eigenvalue weighted by Gasteiger charge is -1.89. The Bertz CT molecular complexity index is 275. The molecule has 0 unspecified atom stereocenters. The molecule has 0 saturated heterocycles. The first-order valence-electron chi connectivity index (χ1n) is 5.58. The van der Waals surface area contributed by atoms with Gasteiger partial charge in [0.25, 0.3) is 0 Å². The lowest BCUT2D eigenvalue weighted by molar-refractivity contribution is -0.141. The van der Waals surface area contributed by atoms with E-state index in [2.05, 4.69) is 0 Å². The molecule has 0 rings (SSSR count). The monoisotopic (exact) mass is 278 g/mol. The van der Waals surface area contributed by atoms with Crippen LogP contribution in [0.5, 0.6) is 0 Å². The first-order valence-corrected chi connectivity index (χ1v) is 5.58. The normalized spacial score (nSPS) is 8.79. The smallest absolute Gasteiger partial charge is 0.310 e. The summed E-state index contributed by atoms with van der Waals surface area (Å²) in [6.07, 6.45) is -0.361. The Hall–Kier alpha value is -1.92. The van der Waals surface area contributed by atoms with Crippen molar-refractivity contribution in [3.63, 3.8) is 0 Å². The Kier molecular flexibility index (Phi) is 14.7. The molecular formula is C12H22O7. The first kappa shape index (κ1) is 22.3. The van der Waals surface area contributed by atoms with Gasteiger partial charge in [0, 0.05) is 0 Å². The van der Waals surface area contributed by atoms with Gasteiger partial charge in [0.1, 0.15) is 12.2 Å². The average molecular weight is 278 g/mol. The number of hydrogen-bond acceptors (Lipinski definition) is 4. The van der Waals surface area contributed by atoms with Crippen LogP contribution in [0.1, 0.15) is 41.0 Å². The summed E-state index contributed by atoms with van der Waals surface area (Å²) in [6.45, 7) is 7.81. The molecule has 0 aromatic rings. The quantitative estimate of drug-likeness (QED) is 0.664. The summed E-state index contributed by atoms with van der Waals surface area (Å²) in [5.41, 5.74) is 0. The van der Waals surface area contributed by atoms with Crippen LogP contribution in [0.25, 0.3) is 0 Å². The Morgan fingerprint density at radius 1 is 0.789 bits per heavy atom. The molecular weight excluding hydrogens is 256 g/mol. The van der Waals surface area contributed by atoms with Gasteiger partial charge in [-0.2, -0.15) is 0 Å². The zero-order valence-electron chi connectivity index (χ0n) is 11.8. The minimum atomic E-state index is -1.06. The molecule has 0 fully saturated rings. The number of carboxylic acids is 3. The van der Waals surface area contributed by atoms with Crippen molar-refractivity contribution in [1.29, 1.82) is 0 Å². The van der Waals surface area contributed by atoms with Crippen molar-refractivity contribution < 1.29 is 34.5 Å². The fraction of sp³-hybridized carbons (Fsp3) is 0.667. The maximum Gasteiger partial charge on any atom is 0.310 e. The highest BCUT2D eigenvalue weighted by Crippen LogP contribution is 1.87. The molecule has 7 nitrogen and oxygen atoms in total. The number of Topliss-reactive ketones (excluding diaryl/α,β-unsaturated/α-hetero) is 1. The number of rotatable bonds is 4. The fourth-order valence-corrected chi connectivity index (χ4v) is 0.213. The number of carbonyl (C=O) groups is 4. The van der Waals surface area contributed by atoms with E-state index in [1.807, 2.05) is 0 Å². The number of aliphatic carboxylic acids is 3. The first-order chi connectivity index (χ1) is 8.41. The number of hydrogen-bond donors (Lipinski definition) is 3. The summed E-state index contributed by atoms with van der Waals surface area (Å²) < 4.78 is 0. The van der Waals surface area contributed by atoms with Crippen LogP contribution in [0.3, 0.4) is 0 Å². The van der Waals surface area contributed by atoms with Crippen LogP contribution < -0.4 is 0 Å². The van der Waals surface area contributed by atoms with E-state index >= 15 is 0 Å². The molecule has 0 saturated carbocycles. The van der Waals surface area contributed by atoms with Gasteiger partial charge in [-0.25, -0.2) is 0 Å². The highest BCUT2D eigenvalue weighted by molar-refractivity contribution is 5.93. The summed E-state index contributed by atoms with van der Waals surface area (Å²) in [5, 5.41) is 23.8. The molecule has 0 bridgehead atoms. The van der Waals surface area contributed by atoms with Gasteiger partial charge in [-0.1, -0.05) is 27.7 Å². The van der Waals surface area contributed by atoms with Gasteiger partial charge in [-0.3, -0.25) is 19.2 Å². The van der Waals surface area contributed by atoms with Crippen molar-refractivity contribution in [3.05, 3.63) is 0 Å². The molecule has 0 aromatic heterocycles. The van der Waals surface area contributed by atoms with E-state index in [0.29, 0.717) is 0 Å². The van der Waals surface area contributed by atoms with Gasteiger partial charge < -0.3 is 15.3 Å². The van der Waals surface area contributed by atoms with Crippen molar-refractivity contribution in [3.8, 4) is 0 Å². The number of carboxylic acid groups (broad SMARTS) is 3. The van der Waals surface area contributed by atoms with E-state index in [-0.39, 0.29) is 24.0 Å². The van der Waals surface area contributed by atoms with Crippen molar-refractivity contribution in [1.82, 2.24) is 0 Å². The highest BCUT2D eigenvalue weighted by Gasteiger charge is 2.00. The van der Waals surface area contributed by atoms with Crippen LogP contribution >= 0.6 is 0 Å². The van der Waals surface area contributed by atoms with E-state index in [4.69, 9.17) is 15.3 Å². The zero-order chi connectivity index (χ0) is 16.2. The Labute approximate surface area is 112 Å². The van der Waals surface area contributed by atoms with E-state index in [1.165, 1.54) is 6.92 Å². The SMILES string of the molecule is CC(=O)CC(=O)O.CC(C)C(=O)O.CC(C)C(=O)O. The third-order valence-corrected chi connectivity index (χ3v) is 1.39. The van der Waals surface area contributed by atoms with E-state index in [0.717, 1.165) is 0 Å². The summed E-state index contributed by atoms with van der Waals surface area (Å²) in [5.74, 6) is -3.32. The summed E-state index contributed by atoms with van der Waals surface area (Å²) >= 11 is 0. The molecule has 0 atom stereocenters. The van der Waals surface area contributed by atoms with Crippen LogP contribution in [0.15, 0.2) is 0 Å².